The molecular formula is C16H16Br2IN. The van der Waals surface area contributed by atoms with Gasteiger partial charge in [-0.15, -0.1) is 0 Å². The minimum absolute atomic E-state index is 0.324. The van der Waals surface area contributed by atoms with E-state index in [-0.39, 0.29) is 0 Å². The molecule has 0 radical (unpaired) electrons. The Morgan fingerprint density at radius 2 is 1.80 bits per heavy atom. The van der Waals surface area contributed by atoms with Crippen LogP contribution in [0, 0.1) is 3.57 Å². The first-order chi connectivity index (χ1) is 9.60. The zero-order valence-electron chi connectivity index (χ0n) is 11.2. The SMILES string of the molecule is CCNC(Cc1ccc(Br)cc1)c1cc(I)ccc1Br. The molecule has 0 bridgehead atoms. The van der Waals surface area contributed by atoms with Gasteiger partial charge in [0.05, 0.1) is 0 Å². The highest BCUT2D eigenvalue weighted by Crippen LogP contribution is 2.28. The molecule has 1 nitrogen and oxygen atoms in total. The van der Waals surface area contributed by atoms with Gasteiger partial charge in [0.2, 0.25) is 0 Å². The first-order valence-electron chi connectivity index (χ1n) is 6.53. The zero-order valence-corrected chi connectivity index (χ0v) is 16.5. The van der Waals surface area contributed by atoms with Crippen molar-refractivity contribution < 1.29 is 0 Å². The molecule has 0 saturated heterocycles. The van der Waals surface area contributed by atoms with Gasteiger partial charge in [-0.3, -0.25) is 0 Å². The molecule has 106 valence electrons. The molecule has 2 aromatic rings. The van der Waals surface area contributed by atoms with Gasteiger partial charge in [-0.1, -0.05) is 50.9 Å². The normalized spacial score (nSPS) is 12.4. The molecule has 0 heterocycles. The fourth-order valence-corrected chi connectivity index (χ4v) is 3.48. The van der Waals surface area contributed by atoms with Crippen molar-refractivity contribution in [2.24, 2.45) is 0 Å². The van der Waals surface area contributed by atoms with E-state index in [1.165, 1.54) is 19.2 Å². The molecule has 0 aliphatic rings. The lowest BCUT2D eigenvalue weighted by atomic mass is 9.99. The minimum atomic E-state index is 0.324. The summed E-state index contributed by atoms with van der Waals surface area (Å²) in [7, 11) is 0. The van der Waals surface area contributed by atoms with Gasteiger partial charge < -0.3 is 5.32 Å². The number of hydrogen-bond acceptors (Lipinski definition) is 1. The van der Waals surface area contributed by atoms with Gasteiger partial charge in [0.1, 0.15) is 0 Å². The molecule has 0 spiro atoms. The van der Waals surface area contributed by atoms with Crippen molar-refractivity contribution in [3.05, 3.63) is 66.1 Å². The van der Waals surface area contributed by atoms with Crippen LogP contribution in [0.1, 0.15) is 24.1 Å². The number of likely N-dealkylation sites (N-methyl/N-ethyl adjacent to an activating group) is 1. The molecule has 1 unspecified atom stereocenters. The van der Waals surface area contributed by atoms with Crippen LogP contribution in [0.4, 0.5) is 0 Å². The van der Waals surface area contributed by atoms with E-state index in [2.05, 4.69) is 109 Å². The molecule has 0 aliphatic carbocycles. The molecule has 2 rings (SSSR count). The van der Waals surface area contributed by atoms with Crippen LogP contribution in [-0.2, 0) is 6.42 Å². The van der Waals surface area contributed by atoms with Gasteiger partial charge >= 0.3 is 0 Å². The molecule has 1 atom stereocenters. The summed E-state index contributed by atoms with van der Waals surface area (Å²) in [5.74, 6) is 0. The summed E-state index contributed by atoms with van der Waals surface area (Å²) in [5, 5.41) is 3.58. The maximum atomic E-state index is 3.68. The fourth-order valence-electron chi connectivity index (χ4n) is 2.18. The lowest BCUT2D eigenvalue weighted by Crippen LogP contribution is -2.23. The van der Waals surface area contributed by atoms with Crippen molar-refractivity contribution in [2.75, 3.05) is 6.54 Å². The van der Waals surface area contributed by atoms with Gasteiger partial charge in [0, 0.05) is 18.6 Å². The molecular weight excluding hydrogens is 493 g/mol. The standard InChI is InChI=1S/C16H16Br2IN/c1-2-20-16(9-11-3-5-12(17)6-4-11)14-10-13(19)7-8-15(14)18/h3-8,10,16,20H,2,9H2,1H3. The second kappa shape index (κ2) is 7.92. The van der Waals surface area contributed by atoms with Gasteiger partial charge in [-0.05, 0) is 77.0 Å². The number of hydrogen-bond donors (Lipinski definition) is 1. The average molecular weight is 509 g/mol. The second-order valence-corrected chi connectivity index (χ2v) is 7.62. The fraction of sp³-hybridized carbons (Fsp3) is 0.250. The molecule has 0 saturated carbocycles. The van der Waals surface area contributed by atoms with Crippen molar-refractivity contribution in [2.45, 2.75) is 19.4 Å². The topological polar surface area (TPSA) is 12.0 Å². The number of halogens is 3. The number of benzene rings is 2. The summed E-state index contributed by atoms with van der Waals surface area (Å²) in [6, 6.07) is 15.4. The maximum absolute atomic E-state index is 3.68. The van der Waals surface area contributed by atoms with E-state index >= 15 is 0 Å². The van der Waals surface area contributed by atoms with E-state index in [0.717, 1.165) is 17.4 Å². The Bertz CT molecular complexity index is 569. The largest absolute Gasteiger partial charge is 0.310 e. The van der Waals surface area contributed by atoms with E-state index in [9.17, 15) is 0 Å². The third-order valence-corrected chi connectivity index (χ3v) is 5.06. The Labute approximate surface area is 150 Å². The van der Waals surface area contributed by atoms with E-state index in [1.54, 1.807) is 0 Å². The van der Waals surface area contributed by atoms with Crippen molar-refractivity contribution in [1.82, 2.24) is 5.32 Å². The van der Waals surface area contributed by atoms with Crippen LogP contribution < -0.4 is 5.32 Å². The monoisotopic (exact) mass is 507 g/mol. The molecule has 0 fully saturated rings. The highest BCUT2D eigenvalue weighted by Gasteiger charge is 2.14. The van der Waals surface area contributed by atoms with Crippen LogP contribution in [0.5, 0.6) is 0 Å². The summed E-state index contributed by atoms with van der Waals surface area (Å²) < 4.78 is 3.55. The van der Waals surface area contributed by atoms with E-state index in [0.29, 0.717) is 6.04 Å². The van der Waals surface area contributed by atoms with Crippen LogP contribution in [0.15, 0.2) is 51.4 Å². The molecule has 20 heavy (non-hydrogen) atoms. The lowest BCUT2D eigenvalue weighted by molar-refractivity contribution is 0.547. The van der Waals surface area contributed by atoms with Gasteiger partial charge in [-0.25, -0.2) is 0 Å². The van der Waals surface area contributed by atoms with E-state index < -0.39 is 0 Å². The predicted molar refractivity (Wildman–Crippen MR) is 101 cm³/mol. The summed E-state index contributed by atoms with van der Waals surface area (Å²) in [5.41, 5.74) is 2.66. The Kier molecular flexibility index (Phi) is 6.52. The Balaban J connectivity index is 2.26. The van der Waals surface area contributed by atoms with Crippen LogP contribution in [0.25, 0.3) is 0 Å². The predicted octanol–water partition coefficient (Wildman–Crippen LogP) is 5.71. The smallest absolute Gasteiger partial charge is 0.0372 e. The van der Waals surface area contributed by atoms with Gasteiger partial charge in [0.25, 0.3) is 0 Å². The first kappa shape index (κ1) is 16.5. The van der Waals surface area contributed by atoms with Crippen LogP contribution in [0.2, 0.25) is 0 Å². The maximum Gasteiger partial charge on any atom is 0.0372 e. The van der Waals surface area contributed by atoms with Gasteiger partial charge in [-0.2, -0.15) is 0 Å². The van der Waals surface area contributed by atoms with Crippen molar-refractivity contribution in [3.8, 4) is 0 Å². The van der Waals surface area contributed by atoms with E-state index in [1.807, 2.05) is 0 Å². The summed E-state index contributed by atoms with van der Waals surface area (Å²) in [4.78, 5) is 0. The van der Waals surface area contributed by atoms with Crippen molar-refractivity contribution in [3.63, 3.8) is 0 Å². The Morgan fingerprint density at radius 1 is 1.10 bits per heavy atom. The van der Waals surface area contributed by atoms with Crippen molar-refractivity contribution >= 4 is 54.5 Å². The number of nitrogens with one attached hydrogen (secondary N) is 1. The third-order valence-electron chi connectivity index (χ3n) is 3.14. The van der Waals surface area contributed by atoms with Crippen molar-refractivity contribution in [1.29, 1.82) is 0 Å². The lowest BCUT2D eigenvalue weighted by Gasteiger charge is -2.20. The summed E-state index contributed by atoms with van der Waals surface area (Å²) >= 11 is 9.52. The first-order valence-corrected chi connectivity index (χ1v) is 9.19. The highest BCUT2D eigenvalue weighted by molar-refractivity contribution is 14.1. The molecule has 4 heteroatoms. The zero-order chi connectivity index (χ0) is 14.5. The quantitative estimate of drug-likeness (QED) is 0.510. The highest BCUT2D eigenvalue weighted by atomic mass is 127. The molecule has 0 aromatic heterocycles. The van der Waals surface area contributed by atoms with Crippen LogP contribution in [0.3, 0.4) is 0 Å². The Hall–Kier alpha value is 0.0900. The molecule has 0 aliphatic heterocycles. The average Bonchev–Trinajstić information content (AvgIpc) is 2.43. The molecule has 0 amide bonds. The van der Waals surface area contributed by atoms with Gasteiger partial charge in [0.15, 0.2) is 0 Å². The van der Waals surface area contributed by atoms with Crippen LogP contribution in [-0.4, -0.2) is 6.54 Å². The van der Waals surface area contributed by atoms with E-state index in [4.69, 9.17) is 0 Å². The third kappa shape index (κ3) is 4.55. The summed E-state index contributed by atoms with van der Waals surface area (Å²) in [6.07, 6.45) is 0.986. The second-order valence-electron chi connectivity index (χ2n) is 4.61. The Morgan fingerprint density at radius 3 is 2.45 bits per heavy atom. The molecule has 2 aromatic carbocycles. The summed E-state index contributed by atoms with van der Waals surface area (Å²) in [6.45, 7) is 3.11. The molecule has 1 N–H and O–H groups in total. The number of rotatable bonds is 5. The minimum Gasteiger partial charge on any atom is -0.310 e. The van der Waals surface area contributed by atoms with Crippen LogP contribution >= 0.6 is 54.5 Å².